The molecule has 1 heterocycles. The van der Waals surface area contributed by atoms with Crippen molar-refractivity contribution in [2.45, 2.75) is 16.7 Å². The van der Waals surface area contributed by atoms with E-state index in [0.717, 1.165) is 11.8 Å². The number of aromatic nitrogens is 2. The molecule has 4 aromatic rings. The van der Waals surface area contributed by atoms with E-state index in [-0.39, 0.29) is 21.2 Å². The molecule has 0 unspecified atom stereocenters. The van der Waals surface area contributed by atoms with Crippen molar-refractivity contribution in [3.8, 4) is 5.69 Å². The van der Waals surface area contributed by atoms with E-state index in [0.29, 0.717) is 16.9 Å². The highest BCUT2D eigenvalue weighted by Crippen LogP contribution is 2.35. The van der Waals surface area contributed by atoms with E-state index in [2.05, 4.69) is 0 Å². The normalized spacial score (nSPS) is 11.0. The summed E-state index contributed by atoms with van der Waals surface area (Å²) in [6.07, 6.45) is 2.63. The third-order valence-corrected chi connectivity index (χ3v) is 6.46. The Balaban J connectivity index is 1.82. The van der Waals surface area contributed by atoms with Crippen LogP contribution < -0.4 is 5.56 Å². The Morgan fingerprint density at radius 1 is 0.917 bits per heavy atom. The molecule has 4 rings (SSSR count). The maximum absolute atomic E-state index is 13.5. The van der Waals surface area contributed by atoms with Crippen LogP contribution in [0.2, 0.25) is 0 Å². The van der Waals surface area contributed by atoms with Crippen molar-refractivity contribution in [1.82, 2.24) is 9.36 Å². The van der Waals surface area contributed by atoms with Crippen LogP contribution >= 0.6 is 11.8 Å². The molecule has 0 aliphatic rings. The molecule has 3 aromatic carbocycles. The van der Waals surface area contributed by atoms with E-state index in [1.54, 1.807) is 49.4 Å². The van der Waals surface area contributed by atoms with E-state index in [1.807, 2.05) is 0 Å². The number of nitro benzene ring substituents is 2. The second-order valence-corrected chi connectivity index (χ2v) is 8.58. The molecule has 0 atom stereocenters. The first-order valence-electron chi connectivity index (χ1n) is 10.6. The van der Waals surface area contributed by atoms with Crippen LogP contribution in [0.4, 0.5) is 11.4 Å². The zero-order chi connectivity index (χ0) is 25.8. The van der Waals surface area contributed by atoms with Gasteiger partial charge in [-0.3, -0.25) is 29.8 Å². The van der Waals surface area contributed by atoms with Crippen molar-refractivity contribution in [2.75, 3.05) is 0 Å². The Bertz CT molecular complexity index is 1570. The lowest BCUT2D eigenvalue weighted by atomic mass is 10.2. The Hall–Kier alpha value is -4.77. The first-order chi connectivity index (χ1) is 17.3. The van der Waals surface area contributed by atoms with Gasteiger partial charge in [0.05, 0.1) is 26.1 Å². The molecule has 0 aliphatic carbocycles. The van der Waals surface area contributed by atoms with Crippen LogP contribution in [-0.2, 0) is 0 Å². The van der Waals surface area contributed by atoms with Gasteiger partial charge >= 0.3 is 0 Å². The molecule has 0 N–H and O–H groups in total. The minimum Gasteiger partial charge on any atom is -0.267 e. The molecule has 11 heteroatoms. The number of hydrogen-bond acceptors (Lipinski definition) is 7. The second kappa shape index (κ2) is 10.2. The quantitative estimate of drug-likeness (QED) is 0.191. The molecule has 1 aromatic heterocycles. The van der Waals surface area contributed by atoms with Crippen LogP contribution in [0, 0.1) is 27.2 Å². The van der Waals surface area contributed by atoms with Crippen LogP contribution in [0.3, 0.4) is 0 Å². The zero-order valence-electron chi connectivity index (χ0n) is 18.8. The Kier molecular flexibility index (Phi) is 6.93. The number of nitro groups is 2. The van der Waals surface area contributed by atoms with Crippen molar-refractivity contribution in [3.05, 3.63) is 127 Å². The SMILES string of the molecule is Cc1c(Sc2ccccc2[N+](=O)[O-])c(=O)n(-c2ccccc2)n1C(=O)C=Cc1cccc([N+](=O)[O-])c1. The summed E-state index contributed by atoms with van der Waals surface area (Å²) in [4.78, 5) is 48.7. The lowest BCUT2D eigenvalue weighted by Gasteiger charge is -2.10. The zero-order valence-corrected chi connectivity index (χ0v) is 19.6. The lowest BCUT2D eigenvalue weighted by molar-refractivity contribution is -0.387. The number of carbonyl (C=O) groups is 1. The van der Waals surface area contributed by atoms with Crippen LogP contribution in [0.1, 0.15) is 16.1 Å². The fraction of sp³-hybridized carbons (Fsp3) is 0.0400. The van der Waals surface area contributed by atoms with E-state index in [1.165, 1.54) is 57.9 Å². The van der Waals surface area contributed by atoms with Crippen molar-refractivity contribution < 1.29 is 14.6 Å². The average Bonchev–Trinajstić information content (AvgIpc) is 3.13. The molecular formula is C25H18N4O6S. The molecule has 10 nitrogen and oxygen atoms in total. The smallest absolute Gasteiger partial charge is 0.267 e. The molecule has 0 saturated carbocycles. The van der Waals surface area contributed by atoms with Gasteiger partial charge in [-0.25, -0.2) is 9.36 Å². The number of non-ortho nitro benzene ring substituents is 1. The molecule has 0 aliphatic heterocycles. The van der Waals surface area contributed by atoms with Gasteiger partial charge in [0.25, 0.3) is 22.8 Å². The molecule has 0 saturated heterocycles. The number of carbonyl (C=O) groups excluding carboxylic acids is 1. The van der Waals surface area contributed by atoms with Crippen LogP contribution in [0.15, 0.2) is 99.5 Å². The maximum Gasteiger partial charge on any atom is 0.286 e. The number of rotatable bonds is 7. The summed E-state index contributed by atoms with van der Waals surface area (Å²) in [5.74, 6) is -0.575. The standard InChI is InChI=1S/C25H18N4O6S/c1-17-24(36-22-13-6-5-12-21(22)29(34)35)25(31)27(19-9-3-2-4-10-19)26(17)23(30)15-14-18-8-7-11-20(16-18)28(32)33/h2-16H,1H3. The Labute approximate surface area is 208 Å². The van der Waals surface area contributed by atoms with Gasteiger partial charge in [-0.05, 0) is 36.8 Å². The lowest BCUT2D eigenvalue weighted by Crippen LogP contribution is -2.25. The highest BCUT2D eigenvalue weighted by Gasteiger charge is 2.24. The minimum atomic E-state index is -0.575. The number of para-hydroxylation sites is 2. The third-order valence-electron chi connectivity index (χ3n) is 5.22. The van der Waals surface area contributed by atoms with E-state index < -0.39 is 21.3 Å². The summed E-state index contributed by atoms with van der Waals surface area (Å²) in [5, 5.41) is 22.5. The molecule has 0 spiro atoms. The number of allylic oxidation sites excluding steroid dienone is 1. The van der Waals surface area contributed by atoms with Crippen LogP contribution in [0.25, 0.3) is 11.8 Å². The average molecular weight is 503 g/mol. The fourth-order valence-corrected chi connectivity index (χ4v) is 4.58. The van der Waals surface area contributed by atoms with Crippen molar-refractivity contribution in [3.63, 3.8) is 0 Å². The molecule has 0 fully saturated rings. The van der Waals surface area contributed by atoms with Gasteiger partial charge in [0, 0.05) is 24.3 Å². The molecular weight excluding hydrogens is 484 g/mol. The first-order valence-corrected chi connectivity index (χ1v) is 11.4. The van der Waals surface area contributed by atoms with Crippen molar-refractivity contribution in [1.29, 1.82) is 0 Å². The van der Waals surface area contributed by atoms with Gasteiger partial charge in [-0.2, -0.15) is 0 Å². The maximum atomic E-state index is 13.5. The van der Waals surface area contributed by atoms with Crippen LogP contribution in [-0.4, -0.2) is 25.1 Å². The Morgan fingerprint density at radius 2 is 1.61 bits per heavy atom. The molecule has 0 radical (unpaired) electrons. The van der Waals surface area contributed by atoms with E-state index in [4.69, 9.17) is 0 Å². The first kappa shape index (κ1) is 24.4. The summed E-state index contributed by atoms with van der Waals surface area (Å²) in [7, 11) is 0. The topological polar surface area (TPSA) is 130 Å². The summed E-state index contributed by atoms with van der Waals surface area (Å²) < 4.78 is 2.38. The second-order valence-electron chi connectivity index (χ2n) is 7.53. The van der Waals surface area contributed by atoms with Gasteiger partial charge in [0.1, 0.15) is 4.90 Å². The summed E-state index contributed by atoms with van der Waals surface area (Å²) in [6, 6.07) is 20.3. The molecule has 36 heavy (non-hydrogen) atoms. The minimum absolute atomic E-state index is 0.119. The monoisotopic (exact) mass is 502 g/mol. The molecule has 0 amide bonds. The Morgan fingerprint density at radius 3 is 2.31 bits per heavy atom. The summed E-state index contributed by atoms with van der Waals surface area (Å²) in [6.45, 7) is 1.58. The predicted molar refractivity (Wildman–Crippen MR) is 135 cm³/mol. The summed E-state index contributed by atoms with van der Waals surface area (Å²) in [5.41, 5.74) is 0.366. The van der Waals surface area contributed by atoms with Crippen LogP contribution in [0.5, 0.6) is 0 Å². The molecule has 180 valence electrons. The van der Waals surface area contributed by atoms with Crippen molar-refractivity contribution in [2.24, 2.45) is 0 Å². The van der Waals surface area contributed by atoms with E-state index in [9.17, 15) is 29.8 Å². The van der Waals surface area contributed by atoms with E-state index >= 15 is 0 Å². The number of hydrogen-bond donors (Lipinski definition) is 0. The largest absolute Gasteiger partial charge is 0.286 e. The van der Waals surface area contributed by atoms with Gasteiger partial charge in [-0.15, -0.1) is 0 Å². The van der Waals surface area contributed by atoms with Gasteiger partial charge in [0.15, 0.2) is 0 Å². The number of nitrogens with zero attached hydrogens (tertiary/aromatic N) is 4. The fourth-order valence-electron chi connectivity index (χ4n) is 3.56. The highest BCUT2D eigenvalue weighted by molar-refractivity contribution is 7.99. The number of benzene rings is 3. The summed E-state index contributed by atoms with van der Waals surface area (Å²) >= 11 is 0.915. The predicted octanol–water partition coefficient (Wildman–Crippen LogP) is 5.27. The molecule has 0 bridgehead atoms. The van der Waals surface area contributed by atoms with Gasteiger partial charge in [-0.1, -0.05) is 54.2 Å². The highest BCUT2D eigenvalue weighted by atomic mass is 32.2. The third kappa shape index (κ3) is 4.86. The van der Waals surface area contributed by atoms with Crippen molar-refractivity contribution >= 4 is 35.1 Å². The van der Waals surface area contributed by atoms with Gasteiger partial charge in [0.2, 0.25) is 0 Å². The van der Waals surface area contributed by atoms with Gasteiger partial charge < -0.3 is 0 Å².